The number of thiol groups is 1. The van der Waals surface area contributed by atoms with E-state index in [1.165, 1.54) is 6.92 Å². The minimum atomic E-state index is -0.512. The molecule has 0 aromatic heterocycles. The smallest absolute Gasteiger partial charge is 0.411 e. The lowest BCUT2D eigenvalue weighted by Gasteiger charge is -2.15. The summed E-state index contributed by atoms with van der Waals surface area (Å²) in [4.78, 5) is 22.3. The lowest BCUT2D eigenvalue weighted by atomic mass is 10.1. The summed E-state index contributed by atoms with van der Waals surface area (Å²) < 4.78 is 9.96. The lowest BCUT2D eigenvalue weighted by Crippen LogP contribution is -2.22. The summed E-state index contributed by atoms with van der Waals surface area (Å²) in [5, 5.41) is 2.64. The number of anilines is 1. The van der Waals surface area contributed by atoms with Gasteiger partial charge in [0.05, 0.1) is 0 Å². The van der Waals surface area contributed by atoms with E-state index in [0.29, 0.717) is 11.6 Å². The summed E-state index contributed by atoms with van der Waals surface area (Å²) in [6.07, 6.45) is -0.512. The number of esters is 1. The average Bonchev–Trinajstić information content (AvgIpc) is 2.62. The summed E-state index contributed by atoms with van der Waals surface area (Å²) in [7, 11) is 0. The van der Waals surface area contributed by atoms with Crippen molar-refractivity contribution in [3.05, 3.63) is 29.8 Å². The Labute approximate surface area is 159 Å². The fraction of sp³-hybridized carbons (Fsp3) is 0.579. The Bertz CT molecular complexity index is 481. The molecule has 6 heteroatoms. The number of rotatable bonds is 6. The largest absolute Gasteiger partial charge is 0.461 e. The fourth-order valence-corrected chi connectivity index (χ4v) is 1.45. The number of carbonyl (C=O) groups is 2. The third-order valence-electron chi connectivity index (χ3n) is 2.80. The van der Waals surface area contributed by atoms with E-state index in [2.05, 4.69) is 17.9 Å². The van der Waals surface area contributed by atoms with E-state index in [-0.39, 0.29) is 25.9 Å². The van der Waals surface area contributed by atoms with Gasteiger partial charge in [-0.25, -0.2) is 4.79 Å². The first-order valence-corrected chi connectivity index (χ1v) is 9.24. The van der Waals surface area contributed by atoms with Crippen molar-refractivity contribution in [3.8, 4) is 0 Å². The number of carbonyl (C=O) groups excluding carboxylic acids is 2. The molecule has 1 unspecified atom stereocenters. The molecule has 5 nitrogen and oxygen atoms in total. The van der Waals surface area contributed by atoms with Crippen LogP contribution in [0.5, 0.6) is 0 Å². The molecule has 1 rings (SSSR count). The van der Waals surface area contributed by atoms with Gasteiger partial charge in [0, 0.05) is 19.3 Å². The van der Waals surface area contributed by atoms with Crippen LogP contribution < -0.4 is 5.32 Å². The van der Waals surface area contributed by atoms with E-state index in [4.69, 9.17) is 9.47 Å². The van der Waals surface area contributed by atoms with Gasteiger partial charge in [0.2, 0.25) is 0 Å². The molecule has 1 N–H and O–H groups in total. The molecule has 1 amide bonds. The van der Waals surface area contributed by atoms with E-state index >= 15 is 0 Å². The van der Waals surface area contributed by atoms with Crippen LogP contribution in [0.25, 0.3) is 0 Å². The molecule has 0 spiro atoms. The fourth-order valence-electron chi connectivity index (χ4n) is 1.38. The first-order chi connectivity index (χ1) is 11.9. The summed E-state index contributed by atoms with van der Waals surface area (Å²) in [6, 6.07) is 6.99. The summed E-state index contributed by atoms with van der Waals surface area (Å²) >= 11 is 4.33. The number of ether oxygens (including phenoxy) is 2. The van der Waals surface area contributed by atoms with Crippen LogP contribution in [0, 0.1) is 5.92 Å². The number of benzene rings is 1. The highest BCUT2D eigenvalue weighted by atomic mass is 32.1. The maximum absolute atomic E-state index is 11.6. The van der Waals surface area contributed by atoms with Crippen LogP contribution in [-0.2, 0) is 20.9 Å². The van der Waals surface area contributed by atoms with E-state index < -0.39 is 6.09 Å². The van der Waals surface area contributed by atoms with Crippen LogP contribution in [0.2, 0.25) is 0 Å². The van der Waals surface area contributed by atoms with Gasteiger partial charge in [-0.2, -0.15) is 12.6 Å². The Morgan fingerprint density at radius 3 is 2.04 bits per heavy atom. The van der Waals surface area contributed by atoms with Crippen LogP contribution >= 0.6 is 12.6 Å². The van der Waals surface area contributed by atoms with Crippen molar-refractivity contribution in [2.45, 2.75) is 60.3 Å². The summed E-state index contributed by atoms with van der Waals surface area (Å²) in [6.45, 7) is 13.9. The SMILES string of the molecule is CC.CC.CC(=O)OCc1ccc(NC(=O)OCC(S)C(C)C)cc1.[HH]. The van der Waals surface area contributed by atoms with Crippen LogP contribution in [-0.4, -0.2) is 23.9 Å². The maximum Gasteiger partial charge on any atom is 0.411 e. The van der Waals surface area contributed by atoms with E-state index in [0.717, 1.165) is 5.56 Å². The first-order valence-electron chi connectivity index (χ1n) is 8.72. The Balaban J connectivity index is -0.000000985. The van der Waals surface area contributed by atoms with Gasteiger partial charge in [-0.3, -0.25) is 10.1 Å². The van der Waals surface area contributed by atoms with Crippen molar-refractivity contribution < 1.29 is 20.5 Å². The topological polar surface area (TPSA) is 64.6 Å². The van der Waals surface area contributed by atoms with Crippen LogP contribution in [0.3, 0.4) is 0 Å². The Hall–Kier alpha value is -1.69. The Morgan fingerprint density at radius 1 is 1.08 bits per heavy atom. The van der Waals surface area contributed by atoms with Gasteiger partial charge in [0.15, 0.2) is 0 Å². The molecule has 0 saturated carbocycles. The highest BCUT2D eigenvalue weighted by Gasteiger charge is 2.11. The molecule has 0 radical (unpaired) electrons. The van der Waals surface area contributed by atoms with E-state index in [9.17, 15) is 9.59 Å². The van der Waals surface area contributed by atoms with Gasteiger partial charge >= 0.3 is 12.1 Å². The predicted octanol–water partition coefficient (Wildman–Crippen LogP) is 5.55. The molecule has 0 heterocycles. The quantitative estimate of drug-likeness (QED) is 0.507. The normalized spacial score (nSPS) is 10.4. The third-order valence-corrected chi connectivity index (χ3v) is 3.54. The number of hydrogen-bond donors (Lipinski definition) is 2. The average molecular weight is 374 g/mol. The van der Waals surface area contributed by atoms with Crippen molar-refractivity contribution in [2.24, 2.45) is 5.92 Å². The van der Waals surface area contributed by atoms with Gasteiger partial charge in [0.25, 0.3) is 0 Å². The lowest BCUT2D eigenvalue weighted by molar-refractivity contribution is -0.142. The van der Waals surface area contributed by atoms with Gasteiger partial charge in [0.1, 0.15) is 13.2 Å². The highest BCUT2D eigenvalue weighted by Crippen LogP contribution is 2.12. The molecule has 0 bridgehead atoms. The summed E-state index contributed by atoms with van der Waals surface area (Å²) in [5.74, 6) is 0.00827. The van der Waals surface area contributed by atoms with Crippen LogP contribution in [0.4, 0.5) is 10.5 Å². The molecule has 1 atom stereocenters. The molecule has 0 aliphatic rings. The molecule has 0 saturated heterocycles. The second-order valence-corrected chi connectivity index (χ2v) is 5.68. The van der Waals surface area contributed by atoms with Gasteiger partial charge in [-0.05, 0) is 23.6 Å². The van der Waals surface area contributed by atoms with Crippen molar-refractivity contribution in [1.82, 2.24) is 0 Å². The Morgan fingerprint density at radius 2 is 1.60 bits per heavy atom. The second-order valence-electron chi connectivity index (χ2n) is 5.01. The highest BCUT2D eigenvalue weighted by molar-refractivity contribution is 7.81. The van der Waals surface area contributed by atoms with Gasteiger partial charge < -0.3 is 9.47 Å². The van der Waals surface area contributed by atoms with Gasteiger partial charge in [-0.1, -0.05) is 53.7 Å². The maximum atomic E-state index is 11.6. The molecular formula is C19H35NO4S. The van der Waals surface area contributed by atoms with Crippen molar-refractivity contribution >= 4 is 30.4 Å². The monoisotopic (exact) mass is 373 g/mol. The van der Waals surface area contributed by atoms with Gasteiger partial charge in [-0.15, -0.1) is 0 Å². The molecule has 146 valence electrons. The molecule has 1 aromatic carbocycles. The minimum Gasteiger partial charge on any atom is -0.461 e. The van der Waals surface area contributed by atoms with Crippen LogP contribution in [0.1, 0.15) is 55.5 Å². The number of hydrogen-bond acceptors (Lipinski definition) is 5. The molecular weight excluding hydrogens is 338 g/mol. The van der Waals surface area contributed by atoms with Crippen molar-refractivity contribution in [2.75, 3.05) is 11.9 Å². The zero-order valence-electron chi connectivity index (χ0n) is 16.5. The van der Waals surface area contributed by atoms with Crippen LogP contribution in [0.15, 0.2) is 24.3 Å². The Kier molecular flexibility index (Phi) is 16.2. The third kappa shape index (κ3) is 13.3. The number of nitrogens with one attached hydrogen (secondary N) is 1. The first kappa shape index (κ1) is 25.5. The van der Waals surface area contributed by atoms with Crippen molar-refractivity contribution in [1.29, 1.82) is 0 Å². The zero-order chi connectivity index (χ0) is 19.8. The molecule has 25 heavy (non-hydrogen) atoms. The van der Waals surface area contributed by atoms with E-state index in [1.54, 1.807) is 24.3 Å². The zero-order valence-corrected chi connectivity index (χ0v) is 17.4. The number of amides is 1. The minimum absolute atomic E-state index is 0. The summed E-state index contributed by atoms with van der Waals surface area (Å²) in [5.41, 5.74) is 1.46. The van der Waals surface area contributed by atoms with Crippen molar-refractivity contribution in [3.63, 3.8) is 0 Å². The molecule has 1 aromatic rings. The molecule has 0 aliphatic heterocycles. The predicted molar refractivity (Wildman–Crippen MR) is 109 cm³/mol. The van der Waals surface area contributed by atoms with E-state index in [1.807, 2.05) is 41.5 Å². The molecule has 0 aliphatic carbocycles. The second kappa shape index (κ2) is 15.8. The standard InChI is InChI=1S/C15H21NO4S.2C2H6.H2/c1-10(2)14(21)9-20-15(18)16-13-6-4-12(5-7-13)8-19-11(3)17;2*1-2;/h4-7,10,14,21H,8-9H2,1-3H3,(H,16,18);2*1-2H3;1H. The molecule has 0 fully saturated rings.